The molecule has 0 bridgehead atoms. The molecule has 0 unspecified atom stereocenters. The number of carbonyl (C=O) groups excluding carboxylic acids is 1. The van der Waals surface area contributed by atoms with E-state index in [4.69, 9.17) is 0 Å². The summed E-state index contributed by atoms with van der Waals surface area (Å²) in [6.45, 7) is 4.33. The molecular weight excluding hydrogens is 160 g/mol. The summed E-state index contributed by atoms with van der Waals surface area (Å²) < 4.78 is 1.94. The van der Waals surface area contributed by atoms with Crippen LogP contribution in [-0.4, -0.2) is 10.5 Å². The minimum absolute atomic E-state index is 0.144. The van der Waals surface area contributed by atoms with Crippen LogP contribution in [0.5, 0.6) is 0 Å². The van der Waals surface area contributed by atoms with Crippen LogP contribution in [0.2, 0.25) is 0 Å². The van der Waals surface area contributed by atoms with Gasteiger partial charge in [0.1, 0.15) is 0 Å². The molecule has 60 valence electrons. The normalized spacial score (nSPS) is 12.0. The quantitative estimate of drug-likeness (QED) is 0.619. The van der Waals surface area contributed by atoms with E-state index in [9.17, 15) is 4.79 Å². The molecule has 1 rings (SSSR count). The number of nitrogens with zero attached hydrogens (tertiary/aromatic N) is 2. The predicted molar refractivity (Wildman–Crippen MR) is 44.2 cm³/mol. The summed E-state index contributed by atoms with van der Waals surface area (Å²) in [4.78, 5) is 15.2. The van der Waals surface area contributed by atoms with Gasteiger partial charge in [0.2, 0.25) is 5.91 Å². The first-order chi connectivity index (χ1) is 5.24. The minimum atomic E-state index is -0.144. The molecule has 1 aromatic heterocycles. The Morgan fingerprint density at radius 2 is 2.55 bits per heavy atom. The highest BCUT2D eigenvalue weighted by Gasteiger charge is 1.92. The zero-order chi connectivity index (χ0) is 8.27. The van der Waals surface area contributed by atoms with Crippen molar-refractivity contribution in [3.8, 4) is 0 Å². The summed E-state index contributed by atoms with van der Waals surface area (Å²) >= 11 is 1.48. The Morgan fingerprint density at radius 3 is 3.09 bits per heavy atom. The summed E-state index contributed by atoms with van der Waals surface area (Å²) in [5.74, 6) is -0.144. The fraction of sp³-hybridized carbons (Fsp3) is 0.429. The van der Waals surface area contributed by atoms with E-state index in [1.807, 2.05) is 23.1 Å². The number of amides is 1. The van der Waals surface area contributed by atoms with Gasteiger partial charge in [0.05, 0.1) is 0 Å². The third-order valence-corrected chi connectivity index (χ3v) is 2.05. The van der Waals surface area contributed by atoms with Gasteiger partial charge in [-0.3, -0.25) is 4.79 Å². The van der Waals surface area contributed by atoms with Gasteiger partial charge in [0.25, 0.3) is 0 Å². The first kappa shape index (κ1) is 8.20. The third-order valence-electron chi connectivity index (χ3n) is 1.25. The van der Waals surface area contributed by atoms with Gasteiger partial charge in [-0.15, -0.1) is 11.3 Å². The molecule has 0 aliphatic rings. The number of aryl methyl sites for hydroxylation is 1. The molecular formula is C7H10N2OS. The molecule has 0 atom stereocenters. The van der Waals surface area contributed by atoms with Crippen molar-refractivity contribution >= 4 is 17.2 Å². The summed E-state index contributed by atoms with van der Waals surface area (Å²) in [5, 5.41) is 1.92. The van der Waals surface area contributed by atoms with Crippen molar-refractivity contribution < 1.29 is 4.79 Å². The van der Waals surface area contributed by atoms with Crippen LogP contribution in [0.15, 0.2) is 16.6 Å². The summed E-state index contributed by atoms with van der Waals surface area (Å²) in [6.07, 6.45) is 1.92. The molecule has 0 spiro atoms. The Labute approximate surface area is 69.0 Å². The van der Waals surface area contributed by atoms with E-state index < -0.39 is 0 Å². The number of aromatic nitrogens is 1. The van der Waals surface area contributed by atoms with Crippen molar-refractivity contribution in [1.29, 1.82) is 0 Å². The van der Waals surface area contributed by atoms with E-state index in [1.165, 1.54) is 18.3 Å². The van der Waals surface area contributed by atoms with E-state index in [0.717, 1.165) is 11.3 Å². The number of thiazole rings is 1. The highest BCUT2D eigenvalue weighted by Crippen LogP contribution is 1.89. The molecule has 0 saturated carbocycles. The average Bonchev–Trinajstić information content (AvgIpc) is 2.34. The molecule has 0 radical (unpaired) electrons. The average molecular weight is 170 g/mol. The number of rotatable bonds is 1. The molecule has 0 aliphatic heterocycles. The Hall–Kier alpha value is -0.900. The third kappa shape index (κ3) is 2.01. The van der Waals surface area contributed by atoms with Crippen LogP contribution < -0.4 is 4.80 Å². The molecule has 0 N–H and O–H groups in total. The Kier molecular flexibility index (Phi) is 2.59. The fourth-order valence-corrected chi connectivity index (χ4v) is 1.60. The zero-order valence-corrected chi connectivity index (χ0v) is 7.39. The molecule has 3 nitrogen and oxygen atoms in total. The predicted octanol–water partition coefficient (Wildman–Crippen LogP) is 1.02. The van der Waals surface area contributed by atoms with Gasteiger partial charge in [0, 0.05) is 25.0 Å². The molecule has 0 saturated heterocycles. The SMILES string of the molecule is CCn1ccsc1=NC(C)=O. The highest BCUT2D eigenvalue weighted by molar-refractivity contribution is 7.07. The lowest BCUT2D eigenvalue weighted by Gasteiger charge is -1.92. The van der Waals surface area contributed by atoms with E-state index in [2.05, 4.69) is 4.99 Å². The van der Waals surface area contributed by atoms with Gasteiger partial charge in [0.15, 0.2) is 4.80 Å². The van der Waals surface area contributed by atoms with Gasteiger partial charge in [-0.1, -0.05) is 0 Å². The van der Waals surface area contributed by atoms with Gasteiger partial charge < -0.3 is 4.57 Å². The van der Waals surface area contributed by atoms with E-state index in [1.54, 1.807) is 0 Å². The zero-order valence-electron chi connectivity index (χ0n) is 6.57. The lowest BCUT2D eigenvalue weighted by atomic mass is 10.7. The van der Waals surface area contributed by atoms with Crippen molar-refractivity contribution in [2.24, 2.45) is 4.99 Å². The second kappa shape index (κ2) is 3.48. The first-order valence-corrected chi connectivity index (χ1v) is 4.31. The standard InChI is InChI=1S/C7H10N2OS/c1-3-9-4-5-11-7(9)8-6(2)10/h4-5H,3H2,1-2H3. The summed E-state index contributed by atoms with van der Waals surface area (Å²) in [7, 11) is 0. The molecule has 1 aromatic rings. The van der Waals surface area contributed by atoms with Gasteiger partial charge >= 0.3 is 0 Å². The van der Waals surface area contributed by atoms with Crippen molar-refractivity contribution in [3.05, 3.63) is 16.4 Å². The Balaban J connectivity index is 3.11. The van der Waals surface area contributed by atoms with Crippen LogP contribution in [0.3, 0.4) is 0 Å². The summed E-state index contributed by atoms with van der Waals surface area (Å²) in [6, 6.07) is 0. The van der Waals surface area contributed by atoms with Gasteiger partial charge in [-0.25, -0.2) is 0 Å². The minimum Gasteiger partial charge on any atom is -0.324 e. The van der Waals surface area contributed by atoms with Gasteiger partial charge in [-0.05, 0) is 6.92 Å². The van der Waals surface area contributed by atoms with Crippen molar-refractivity contribution in [1.82, 2.24) is 4.57 Å². The molecule has 0 aliphatic carbocycles. The van der Waals surface area contributed by atoms with Crippen LogP contribution in [0.4, 0.5) is 0 Å². The first-order valence-electron chi connectivity index (χ1n) is 3.43. The Morgan fingerprint density at radius 1 is 1.82 bits per heavy atom. The van der Waals surface area contributed by atoms with E-state index in [-0.39, 0.29) is 5.91 Å². The number of carbonyl (C=O) groups is 1. The van der Waals surface area contributed by atoms with Crippen LogP contribution >= 0.6 is 11.3 Å². The lowest BCUT2D eigenvalue weighted by molar-refractivity contribution is -0.116. The monoisotopic (exact) mass is 170 g/mol. The Bertz CT molecular complexity index is 310. The van der Waals surface area contributed by atoms with Crippen LogP contribution in [-0.2, 0) is 11.3 Å². The highest BCUT2D eigenvalue weighted by atomic mass is 32.1. The second-order valence-electron chi connectivity index (χ2n) is 2.10. The van der Waals surface area contributed by atoms with Crippen molar-refractivity contribution in [3.63, 3.8) is 0 Å². The molecule has 1 heterocycles. The molecule has 4 heteroatoms. The van der Waals surface area contributed by atoms with Crippen LogP contribution in [0, 0.1) is 0 Å². The molecule has 0 fully saturated rings. The number of hydrogen-bond donors (Lipinski definition) is 0. The molecule has 0 aromatic carbocycles. The number of hydrogen-bond acceptors (Lipinski definition) is 2. The van der Waals surface area contributed by atoms with Crippen molar-refractivity contribution in [2.75, 3.05) is 0 Å². The maximum Gasteiger partial charge on any atom is 0.245 e. The fourth-order valence-electron chi connectivity index (χ4n) is 0.762. The smallest absolute Gasteiger partial charge is 0.245 e. The van der Waals surface area contributed by atoms with Crippen LogP contribution in [0.25, 0.3) is 0 Å². The largest absolute Gasteiger partial charge is 0.324 e. The molecule has 1 amide bonds. The molecule has 11 heavy (non-hydrogen) atoms. The summed E-state index contributed by atoms with van der Waals surface area (Å²) in [5.41, 5.74) is 0. The van der Waals surface area contributed by atoms with E-state index in [0.29, 0.717) is 0 Å². The van der Waals surface area contributed by atoms with Gasteiger partial charge in [-0.2, -0.15) is 4.99 Å². The maximum absolute atomic E-state index is 10.6. The maximum atomic E-state index is 10.6. The lowest BCUT2D eigenvalue weighted by Crippen LogP contribution is -2.13. The second-order valence-corrected chi connectivity index (χ2v) is 2.98. The topological polar surface area (TPSA) is 34.4 Å². The van der Waals surface area contributed by atoms with Crippen LogP contribution in [0.1, 0.15) is 13.8 Å². The van der Waals surface area contributed by atoms with E-state index >= 15 is 0 Å². The van der Waals surface area contributed by atoms with Crippen molar-refractivity contribution in [2.45, 2.75) is 20.4 Å².